The van der Waals surface area contributed by atoms with Crippen LogP contribution in [0.5, 0.6) is 0 Å². The predicted molar refractivity (Wildman–Crippen MR) is 86.0 cm³/mol. The minimum atomic E-state index is -3.15. The topological polar surface area (TPSA) is 46.2 Å². The van der Waals surface area contributed by atoms with Crippen LogP contribution in [-0.4, -0.2) is 14.7 Å². The molecule has 0 radical (unpaired) electrons. The fourth-order valence-electron chi connectivity index (χ4n) is 1.68. The Kier molecular flexibility index (Phi) is 4.73. The number of nitrogens with one attached hydrogen (secondary N) is 1. The van der Waals surface area contributed by atoms with Gasteiger partial charge in [-0.25, -0.2) is 8.42 Å². The van der Waals surface area contributed by atoms with E-state index in [9.17, 15) is 8.42 Å². The first-order valence-corrected chi connectivity index (χ1v) is 8.90. The molecule has 6 heteroatoms. The molecule has 0 aliphatic rings. The maximum absolute atomic E-state index is 11.4. The molecule has 0 bridgehead atoms. The molecule has 20 heavy (non-hydrogen) atoms. The average Bonchev–Trinajstić information content (AvgIpc) is 2.37. The number of hydrogen-bond donors (Lipinski definition) is 1. The lowest BCUT2D eigenvalue weighted by atomic mass is 10.2. The van der Waals surface area contributed by atoms with E-state index in [-0.39, 0.29) is 0 Å². The zero-order valence-corrected chi connectivity index (χ0v) is 13.9. The summed E-state index contributed by atoms with van der Waals surface area (Å²) in [7, 11) is -3.15. The van der Waals surface area contributed by atoms with Gasteiger partial charge >= 0.3 is 0 Å². The van der Waals surface area contributed by atoms with Crippen molar-refractivity contribution < 1.29 is 8.42 Å². The molecule has 0 spiro atoms. The van der Waals surface area contributed by atoms with Crippen LogP contribution in [0.1, 0.15) is 5.56 Å². The van der Waals surface area contributed by atoms with Gasteiger partial charge in [-0.05, 0) is 42.0 Å². The van der Waals surface area contributed by atoms with Gasteiger partial charge < -0.3 is 5.32 Å². The standard InChI is InChI=1S/C14H13BrClNO2S/c1-20(18,19)13-6-4-12(5-7-13)17-9-10-2-3-11(15)8-14(10)16/h2-8,17H,9H2,1H3. The average molecular weight is 375 g/mol. The van der Waals surface area contributed by atoms with Crippen molar-refractivity contribution in [3.63, 3.8) is 0 Å². The minimum absolute atomic E-state index is 0.310. The largest absolute Gasteiger partial charge is 0.381 e. The lowest BCUT2D eigenvalue weighted by Gasteiger charge is -2.09. The van der Waals surface area contributed by atoms with Gasteiger partial charge in [-0.15, -0.1) is 0 Å². The first-order valence-electron chi connectivity index (χ1n) is 5.84. The Morgan fingerprint density at radius 2 is 1.80 bits per heavy atom. The minimum Gasteiger partial charge on any atom is -0.381 e. The van der Waals surface area contributed by atoms with Gasteiger partial charge in [0.25, 0.3) is 0 Å². The Labute approximate surface area is 132 Å². The van der Waals surface area contributed by atoms with E-state index >= 15 is 0 Å². The molecule has 0 aromatic heterocycles. The van der Waals surface area contributed by atoms with Gasteiger partial charge in [0.05, 0.1) is 4.90 Å². The second kappa shape index (κ2) is 6.16. The number of rotatable bonds is 4. The SMILES string of the molecule is CS(=O)(=O)c1ccc(NCc2ccc(Br)cc2Cl)cc1. The van der Waals surface area contributed by atoms with Crippen LogP contribution in [0, 0.1) is 0 Å². The van der Waals surface area contributed by atoms with Gasteiger partial charge in [0, 0.05) is 28.0 Å². The second-order valence-electron chi connectivity index (χ2n) is 4.39. The van der Waals surface area contributed by atoms with Crippen LogP contribution in [0.15, 0.2) is 51.8 Å². The summed E-state index contributed by atoms with van der Waals surface area (Å²) in [6, 6.07) is 12.3. The van der Waals surface area contributed by atoms with Crippen molar-refractivity contribution in [1.29, 1.82) is 0 Å². The quantitative estimate of drug-likeness (QED) is 0.875. The molecule has 106 valence electrons. The number of anilines is 1. The predicted octanol–water partition coefficient (Wildman–Crippen LogP) is 4.12. The number of hydrogen-bond acceptors (Lipinski definition) is 3. The Balaban J connectivity index is 2.08. The van der Waals surface area contributed by atoms with E-state index < -0.39 is 9.84 Å². The normalized spacial score (nSPS) is 11.3. The molecule has 2 aromatic carbocycles. The van der Waals surface area contributed by atoms with E-state index in [2.05, 4.69) is 21.2 Å². The highest BCUT2D eigenvalue weighted by Crippen LogP contribution is 2.22. The maximum Gasteiger partial charge on any atom is 0.175 e. The maximum atomic E-state index is 11.4. The molecule has 2 aromatic rings. The van der Waals surface area contributed by atoms with E-state index in [1.165, 1.54) is 6.26 Å². The van der Waals surface area contributed by atoms with E-state index in [0.29, 0.717) is 16.5 Å². The number of halogens is 2. The monoisotopic (exact) mass is 373 g/mol. The van der Waals surface area contributed by atoms with Crippen molar-refractivity contribution in [2.24, 2.45) is 0 Å². The van der Waals surface area contributed by atoms with Crippen molar-refractivity contribution in [3.05, 3.63) is 57.5 Å². The summed E-state index contributed by atoms with van der Waals surface area (Å²) in [5.74, 6) is 0. The first-order chi connectivity index (χ1) is 9.36. The molecule has 0 amide bonds. The summed E-state index contributed by atoms with van der Waals surface area (Å²) in [6.07, 6.45) is 1.19. The van der Waals surface area contributed by atoms with Gasteiger partial charge in [0.2, 0.25) is 0 Å². The van der Waals surface area contributed by atoms with Crippen LogP contribution in [0.3, 0.4) is 0 Å². The third-order valence-corrected chi connectivity index (χ3v) is 4.75. The summed E-state index contributed by atoms with van der Waals surface area (Å²) in [5.41, 5.74) is 1.82. The molecule has 0 aliphatic carbocycles. The lowest BCUT2D eigenvalue weighted by Crippen LogP contribution is -2.01. The Bertz CT molecular complexity index is 714. The third-order valence-electron chi connectivity index (χ3n) is 2.78. The van der Waals surface area contributed by atoms with Crippen molar-refractivity contribution in [1.82, 2.24) is 0 Å². The van der Waals surface area contributed by atoms with Gasteiger partial charge in [-0.1, -0.05) is 33.6 Å². The van der Waals surface area contributed by atoms with Crippen molar-refractivity contribution >= 4 is 43.1 Å². The summed E-state index contributed by atoms with van der Waals surface area (Å²) >= 11 is 9.49. The van der Waals surface area contributed by atoms with E-state index in [0.717, 1.165) is 15.7 Å². The molecule has 0 unspecified atom stereocenters. The Morgan fingerprint density at radius 3 is 2.35 bits per heavy atom. The summed E-state index contributed by atoms with van der Waals surface area (Å²) in [5, 5.41) is 3.89. The van der Waals surface area contributed by atoms with E-state index in [1.807, 2.05) is 18.2 Å². The molecular formula is C14H13BrClNO2S. The van der Waals surface area contributed by atoms with Crippen LogP contribution in [0.25, 0.3) is 0 Å². The summed E-state index contributed by atoms with van der Waals surface area (Å²) < 4.78 is 23.6. The zero-order chi connectivity index (χ0) is 14.8. The molecule has 1 N–H and O–H groups in total. The molecule has 0 heterocycles. The summed E-state index contributed by atoms with van der Waals surface area (Å²) in [4.78, 5) is 0.310. The van der Waals surface area contributed by atoms with Crippen LogP contribution >= 0.6 is 27.5 Å². The number of benzene rings is 2. The van der Waals surface area contributed by atoms with Crippen molar-refractivity contribution in [2.45, 2.75) is 11.4 Å². The molecule has 0 saturated carbocycles. The van der Waals surface area contributed by atoms with Crippen LogP contribution in [0.2, 0.25) is 5.02 Å². The van der Waals surface area contributed by atoms with E-state index in [1.54, 1.807) is 24.3 Å². The highest BCUT2D eigenvalue weighted by atomic mass is 79.9. The fourth-order valence-corrected chi connectivity index (χ4v) is 3.05. The Morgan fingerprint density at radius 1 is 1.15 bits per heavy atom. The summed E-state index contributed by atoms with van der Waals surface area (Å²) in [6.45, 7) is 0.574. The van der Waals surface area contributed by atoms with Crippen molar-refractivity contribution in [2.75, 3.05) is 11.6 Å². The molecular weight excluding hydrogens is 362 g/mol. The van der Waals surface area contributed by atoms with Gasteiger partial charge in [0.1, 0.15) is 0 Å². The molecule has 0 saturated heterocycles. The van der Waals surface area contributed by atoms with Crippen LogP contribution in [-0.2, 0) is 16.4 Å². The second-order valence-corrected chi connectivity index (χ2v) is 7.72. The highest BCUT2D eigenvalue weighted by Gasteiger charge is 2.06. The Hall–Kier alpha value is -1.04. The van der Waals surface area contributed by atoms with Crippen molar-refractivity contribution in [3.8, 4) is 0 Å². The van der Waals surface area contributed by atoms with Gasteiger partial charge in [-0.2, -0.15) is 0 Å². The molecule has 3 nitrogen and oxygen atoms in total. The van der Waals surface area contributed by atoms with Crippen LogP contribution < -0.4 is 5.32 Å². The van der Waals surface area contributed by atoms with Gasteiger partial charge in [-0.3, -0.25) is 0 Å². The van der Waals surface area contributed by atoms with E-state index in [4.69, 9.17) is 11.6 Å². The number of sulfone groups is 1. The highest BCUT2D eigenvalue weighted by molar-refractivity contribution is 9.10. The lowest BCUT2D eigenvalue weighted by molar-refractivity contribution is 0.602. The first kappa shape index (κ1) is 15.4. The molecule has 0 fully saturated rings. The van der Waals surface area contributed by atoms with Crippen LogP contribution in [0.4, 0.5) is 5.69 Å². The smallest absolute Gasteiger partial charge is 0.175 e. The fraction of sp³-hybridized carbons (Fsp3) is 0.143. The third kappa shape index (κ3) is 3.98. The molecule has 0 aliphatic heterocycles. The van der Waals surface area contributed by atoms with Gasteiger partial charge in [0.15, 0.2) is 9.84 Å². The molecule has 0 atom stereocenters. The zero-order valence-electron chi connectivity index (χ0n) is 10.7. The molecule has 2 rings (SSSR count).